The molecule has 1 heterocycles. The van der Waals surface area contributed by atoms with Crippen LogP contribution in [-0.2, 0) is 0 Å². The third-order valence-corrected chi connectivity index (χ3v) is 3.35. The molecule has 84 valence electrons. The maximum atomic E-state index is 13.2. The highest BCUT2D eigenvalue weighted by Gasteiger charge is 2.16. The van der Waals surface area contributed by atoms with Crippen molar-refractivity contribution in [2.45, 2.75) is 19.3 Å². The molecule has 1 aromatic carbocycles. The van der Waals surface area contributed by atoms with E-state index in [4.69, 9.17) is 0 Å². The minimum absolute atomic E-state index is 0.0370. The topological polar surface area (TPSA) is 33.1 Å². The highest BCUT2D eigenvalue weighted by Crippen LogP contribution is 2.31. The van der Waals surface area contributed by atoms with E-state index in [0.29, 0.717) is 0 Å². The van der Waals surface area contributed by atoms with Gasteiger partial charge in [0, 0.05) is 23.6 Å². The first kappa shape index (κ1) is 11.1. The summed E-state index contributed by atoms with van der Waals surface area (Å²) in [4.78, 5) is 4.24. The average molecular weight is 237 g/mol. The maximum absolute atomic E-state index is 13.2. The van der Waals surface area contributed by atoms with E-state index >= 15 is 0 Å². The number of phenolic OH excluding ortho intramolecular Hbond substituents is 1. The van der Waals surface area contributed by atoms with Gasteiger partial charge in [-0.3, -0.25) is 0 Å². The van der Waals surface area contributed by atoms with Crippen molar-refractivity contribution in [1.29, 1.82) is 0 Å². The average Bonchev–Trinajstić information content (AvgIpc) is 2.70. The van der Waals surface area contributed by atoms with Crippen LogP contribution < -0.4 is 0 Å². The van der Waals surface area contributed by atoms with Crippen molar-refractivity contribution in [1.82, 2.24) is 4.98 Å². The molecule has 0 radical (unpaired) electrons. The molecule has 1 atom stereocenters. The van der Waals surface area contributed by atoms with E-state index in [9.17, 15) is 9.50 Å². The van der Waals surface area contributed by atoms with Crippen LogP contribution in [0, 0.1) is 5.82 Å². The number of hydrogen-bond donors (Lipinski definition) is 1. The van der Waals surface area contributed by atoms with Gasteiger partial charge >= 0.3 is 0 Å². The summed E-state index contributed by atoms with van der Waals surface area (Å²) in [7, 11) is 0. The zero-order valence-corrected chi connectivity index (χ0v) is 9.67. The number of rotatable bonds is 3. The molecule has 0 fully saturated rings. The number of halogens is 1. The molecule has 1 aromatic heterocycles. The summed E-state index contributed by atoms with van der Waals surface area (Å²) in [6, 6.07) is 4.16. The maximum Gasteiger partial charge on any atom is 0.127 e. The number of hydrogen-bond acceptors (Lipinski definition) is 3. The molecule has 0 aliphatic rings. The van der Waals surface area contributed by atoms with Crippen LogP contribution in [0.25, 0.3) is 0 Å². The lowest BCUT2D eigenvalue weighted by molar-refractivity contribution is 0.467. The molecular weight excluding hydrogens is 225 g/mol. The highest BCUT2D eigenvalue weighted by atomic mass is 32.1. The summed E-state index contributed by atoms with van der Waals surface area (Å²) < 4.78 is 13.2. The summed E-state index contributed by atoms with van der Waals surface area (Å²) in [5.74, 6) is -0.392. The normalized spacial score (nSPS) is 12.6. The molecule has 0 amide bonds. The van der Waals surface area contributed by atoms with Crippen molar-refractivity contribution in [3.05, 3.63) is 46.2 Å². The predicted molar refractivity (Wildman–Crippen MR) is 62.3 cm³/mol. The van der Waals surface area contributed by atoms with Gasteiger partial charge < -0.3 is 5.11 Å². The van der Waals surface area contributed by atoms with Crippen LogP contribution in [0.15, 0.2) is 29.8 Å². The molecule has 1 N–H and O–H groups in total. The molecule has 0 bridgehead atoms. The second-order valence-electron chi connectivity index (χ2n) is 3.57. The Hall–Kier alpha value is -1.42. The van der Waals surface area contributed by atoms with E-state index in [-0.39, 0.29) is 11.7 Å². The number of benzene rings is 1. The fourth-order valence-electron chi connectivity index (χ4n) is 1.76. The summed E-state index contributed by atoms with van der Waals surface area (Å²) in [6.45, 7) is 2.02. The Bertz CT molecular complexity index is 450. The van der Waals surface area contributed by atoms with Gasteiger partial charge in [0.1, 0.15) is 11.6 Å². The zero-order chi connectivity index (χ0) is 11.5. The Balaban J connectivity index is 2.41. The van der Waals surface area contributed by atoms with Crippen molar-refractivity contribution in [3.63, 3.8) is 0 Å². The van der Waals surface area contributed by atoms with Crippen LogP contribution in [0.2, 0.25) is 0 Å². The zero-order valence-electron chi connectivity index (χ0n) is 8.85. The monoisotopic (exact) mass is 237 g/mol. The minimum Gasteiger partial charge on any atom is -0.508 e. The molecule has 2 aromatic rings. The number of aromatic nitrogens is 1. The van der Waals surface area contributed by atoms with Crippen molar-refractivity contribution < 1.29 is 9.50 Å². The number of nitrogens with zero attached hydrogens (tertiary/aromatic N) is 1. The minimum atomic E-state index is -0.412. The summed E-state index contributed by atoms with van der Waals surface area (Å²) >= 11 is 1.55. The van der Waals surface area contributed by atoms with E-state index < -0.39 is 5.82 Å². The van der Waals surface area contributed by atoms with Gasteiger partial charge in [0.2, 0.25) is 0 Å². The number of phenols is 1. The van der Waals surface area contributed by atoms with E-state index in [1.54, 1.807) is 23.6 Å². The molecule has 16 heavy (non-hydrogen) atoms. The quantitative estimate of drug-likeness (QED) is 0.885. The Morgan fingerprint density at radius 1 is 1.44 bits per heavy atom. The van der Waals surface area contributed by atoms with E-state index in [0.717, 1.165) is 23.1 Å². The lowest BCUT2D eigenvalue weighted by atomic mass is 9.97. The largest absolute Gasteiger partial charge is 0.508 e. The smallest absolute Gasteiger partial charge is 0.127 e. The van der Waals surface area contributed by atoms with Crippen LogP contribution in [0.1, 0.15) is 29.8 Å². The van der Waals surface area contributed by atoms with Crippen LogP contribution in [0.3, 0.4) is 0 Å². The molecule has 2 nitrogen and oxygen atoms in total. The Labute approximate surface area is 97.4 Å². The highest BCUT2D eigenvalue weighted by molar-refractivity contribution is 7.09. The molecule has 0 spiro atoms. The molecule has 1 unspecified atom stereocenters. The summed E-state index contributed by atoms with van der Waals surface area (Å²) in [6.07, 6.45) is 2.57. The first-order valence-corrected chi connectivity index (χ1v) is 5.97. The number of aromatic hydroxyl groups is 1. The Kier molecular flexibility index (Phi) is 3.19. The van der Waals surface area contributed by atoms with E-state index in [1.165, 1.54) is 6.07 Å². The summed E-state index contributed by atoms with van der Waals surface area (Å²) in [5, 5.41) is 12.2. The third-order valence-electron chi connectivity index (χ3n) is 2.47. The predicted octanol–water partition coefficient (Wildman–Crippen LogP) is 3.53. The molecule has 4 heteroatoms. The van der Waals surface area contributed by atoms with Gasteiger partial charge in [-0.1, -0.05) is 6.92 Å². The van der Waals surface area contributed by atoms with Gasteiger partial charge in [0.25, 0.3) is 0 Å². The van der Waals surface area contributed by atoms with Gasteiger partial charge in [-0.05, 0) is 24.1 Å². The van der Waals surface area contributed by atoms with Gasteiger partial charge in [-0.15, -0.1) is 11.3 Å². The van der Waals surface area contributed by atoms with Crippen molar-refractivity contribution >= 4 is 11.3 Å². The lowest BCUT2D eigenvalue weighted by Crippen LogP contribution is -1.99. The molecule has 0 aliphatic heterocycles. The number of thiazole rings is 1. The molecular formula is C12H12FNOS. The molecule has 0 saturated carbocycles. The fraction of sp³-hybridized carbons (Fsp3) is 0.250. The van der Waals surface area contributed by atoms with E-state index in [2.05, 4.69) is 4.98 Å². The van der Waals surface area contributed by atoms with Crippen LogP contribution >= 0.6 is 11.3 Å². The van der Waals surface area contributed by atoms with Crippen LogP contribution in [0.5, 0.6) is 5.75 Å². The van der Waals surface area contributed by atoms with Gasteiger partial charge in [-0.2, -0.15) is 0 Å². The van der Waals surface area contributed by atoms with Gasteiger partial charge in [0.05, 0.1) is 5.01 Å². The third kappa shape index (κ3) is 2.22. The van der Waals surface area contributed by atoms with Crippen LogP contribution in [0.4, 0.5) is 4.39 Å². The molecule has 0 saturated heterocycles. The van der Waals surface area contributed by atoms with Crippen molar-refractivity contribution in [2.24, 2.45) is 0 Å². The standard InChI is InChI=1S/C12H12FNOS/c1-2-11(12-14-3-4-16-12)8-5-9(13)7-10(15)6-8/h3-7,11,15H,2H2,1H3. The Morgan fingerprint density at radius 2 is 2.25 bits per heavy atom. The van der Waals surface area contributed by atoms with E-state index in [1.807, 2.05) is 12.3 Å². The SMILES string of the molecule is CCC(c1cc(O)cc(F)c1)c1nccs1. The first-order valence-electron chi connectivity index (χ1n) is 5.09. The second-order valence-corrected chi connectivity index (χ2v) is 4.50. The second kappa shape index (κ2) is 4.61. The Morgan fingerprint density at radius 3 is 2.81 bits per heavy atom. The molecule has 2 rings (SSSR count). The summed E-state index contributed by atoms with van der Waals surface area (Å²) in [5.41, 5.74) is 0.773. The van der Waals surface area contributed by atoms with Crippen molar-refractivity contribution in [2.75, 3.05) is 0 Å². The van der Waals surface area contributed by atoms with Crippen LogP contribution in [-0.4, -0.2) is 10.1 Å². The molecule has 0 aliphatic carbocycles. The lowest BCUT2D eigenvalue weighted by Gasteiger charge is -2.12. The first-order chi connectivity index (χ1) is 7.70. The fourth-order valence-corrected chi connectivity index (χ4v) is 2.61. The van der Waals surface area contributed by atoms with Crippen molar-refractivity contribution in [3.8, 4) is 5.75 Å². The van der Waals surface area contributed by atoms with Gasteiger partial charge in [0.15, 0.2) is 0 Å². The van der Waals surface area contributed by atoms with Gasteiger partial charge in [-0.25, -0.2) is 9.37 Å².